The van der Waals surface area contributed by atoms with E-state index in [0.29, 0.717) is 13.0 Å². The lowest BCUT2D eigenvalue weighted by Gasteiger charge is -2.23. The predicted octanol–water partition coefficient (Wildman–Crippen LogP) is 3.81. The van der Waals surface area contributed by atoms with Crippen molar-refractivity contribution in [2.24, 2.45) is 0 Å². The Morgan fingerprint density at radius 1 is 1.30 bits per heavy atom. The van der Waals surface area contributed by atoms with Crippen LogP contribution in [0.25, 0.3) is 0 Å². The molecule has 0 fully saturated rings. The molecule has 1 atom stereocenters. The summed E-state index contributed by atoms with van der Waals surface area (Å²) in [7, 11) is 1.60. The minimum absolute atomic E-state index is 0.0341. The van der Waals surface area contributed by atoms with Gasteiger partial charge in [0.15, 0.2) is 5.78 Å². The lowest BCUT2D eigenvalue weighted by Crippen LogP contribution is -2.40. The number of aryl methyl sites for hydroxylation is 1. The third kappa shape index (κ3) is 7.61. The Hall–Kier alpha value is -1.40. The van der Waals surface area contributed by atoms with Crippen LogP contribution in [0, 0.1) is 0 Å². The summed E-state index contributed by atoms with van der Waals surface area (Å²) >= 11 is 1.51. The maximum atomic E-state index is 12.4. The quantitative estimate of drug-likeness (QED) is 0.730. The van der Waals surface area contributed by atoms with Crippen LogP contribution >= 0.6 is 11.3 Å². The van der Waals surface area contributed by atoms with Crippen molar-refractivity contribution in [2.45, 2.75) is 58.6 Å². The van der Waals surface area contributed by atoms with Gasteiger partial charge in [-0.1, -0.05) is 6.92 Å². The summed E-state index contributed by atoms with van der Waals surface area (Å²) in [5.41, 5.74) is -0.566. The van der Waals surface area contributed by atoms with Gasteiger partial charge in [0.05, 0.1) is 4.88 Å². The molecule has 0 aliphatic carbocycles. The average Bonchev–Trinajstić information content (AvgIpc) is 2.91. The molecule has 1 aromatic rings. The second kappa shape index (κ2) is 9.03. The molecule has 1 rings (SSSR count). The molecule has 1 heterocycles. The summed E-state index contributed by atoms with van der Waals surface area (Å²) < 4.78 is 10.3. The van der Waals surface area contributed by atoms with E-state index in [1.54, 1.807) is 27.9 Å². The van der Waals surface area contributed by atoms with Gasteiger partial charge in [0, 0.05) is 31.1 Å². The number of hydrogen-bond acceptors (Lipinski definition) is 5. The van der Waals surface area contributed by atoms with Crippen LogP contribution in [0.3, 0.4) is 0 Å². The van der Waals surface area contributed by atoms with Gasteiger partial charge in [-0.2, -0.15) is 0 Å². The van der Waals surface area contributed by atoms with Gasteiger partial charge in [0.1, 0.15) is 5.60 Å². The Balaban J connectivity index is 2.66. The largest absolute Gasteiger partial charge is 0.444 e. The van der Waals surface area contributed by atoms with Crippen LogP contribution in [0.2, 0.25) is 0 Å². The van der Waals surface area contributed by atoms with Crippen molar-refractivity contribution in [1.29, 1.82) is 0 Å². The van der Waals surface area contributed by atoms with Crippen molar-refractivity contribution in [3.8, 4) is 0 Å². The number of alkyl carbamates (subject to hydrolysis) is 1. The summed E-state index contributed by atoms with van der Waals surface area (Å²) in [6.07, 6.45) is 1.22. The third-order valence-corrected chi connectivity index (χ3v) is 4.38. The summed E-state index contributed by atoms with van der Waals surface area (Å²) in [6.45, 7) is 7.95. The normalized spacial score (nSPS) is 12.7. The molecule has 1 aromatic heterocycles. The van der Waals surface area contributed by atoms with E-state index in [2.05, 4.69) is 12.2 Å². The highest BCUT2D eigenvalue weighted by molar-refractivity contribution is 7.14. The van der Waals surface area contributed by atoms with E-state index in [0.717, 1.165) is 11.3 Å². The van der Waals surface area contributed by atoms with Gasteiger partial charge < -0.3 is 14.8 Å². The first-order valence-corrected chi connectivity index (χ1v) is 8.67. The summed E-state index contributed by atoms with van der Waals surface area (Å²) in [5, 5.41) is 2.77. The second-order valence-corrected chi connectivity index (χ2v) is 7.54. The molecule has 5 nitrogen and oxygen atoms in total. The summed E-state index contributed by atoms with van der Waals surface area (Å²) in [5.74, 6) is 0.0341. The summed E-state index contributed by atoms with van der Waals surface area (Å²) in [4.78, 5) is 26.2. The van der Waals surface area contributed by atoms with Crippen LogP contribution < -0.4 is 5.32 Å². The van der Waals surface area contributed by atoms with Crippen LogP contribution in [0.1, 0.15) is 55.1 Å². The highest BCUT2D eigenvalue weighted by atomic mass is 32.1. The molecule has 0 aliphatic heterocycles. The number of thiophene rings is 1. The molecule has 1 unspecified atom stereocenters. The topological polar surface area (TPSA) is 64.6 Å². The van der Waals surface area contributed by atoms with E-state index in [1.807, 2.05) is 12.1 Å². The number of carbonyl (C=O) groups is 2. The zero-order chi connectivity index (χ0) is 17.5. The van der Waals surface area contributed by atoms with Crippen molar-refractivity contribution in [1.82, 2.24) is 5.32 Å². The van der Waals surface area contributed by atoms with E-state index in [1.165, 1.54) is 16.2 Å². The molecule has 23 heavy (non-hydrogen) atoms. The molecular weight excluding hydrogens is 314 g/mol. The standard InChI is InChI=1S/C17H27NO4S/c1-6-13-7-8-15(23-13)14(19)11-12(9-10-21-5)18-16(20)22-17(2,3)4/h7-8,12H,6,9-11H2,1-5H3,(H,18,20). The third-order valence-electron chi connectivity index (χ3n) is 3.11. The summed E-state index contributed by atoms with van der Waals surface area (Å²) in [6, 6.07) is 3.53. The van der Waals surface area contributed by atoms with Gasteiger partial charge in [-0.15, -0.1) is 11.3 Å². The van der Waals surface area contributed by atoms with Crippen molar-refractivity contribution in [2.75, 3.05) is 13.7 Å². The first-order chi connectivity index (χ1) is 10.7. The Morgan fingerprint density at radius 3 is 2.52 bits per heavy atom. The van der Waals surface area contributed by atoms with Crippen molar-refractivity contribution in [3.63, 3.8) is 0 Å². The number of carbonyl (C=O) groups excluding carboxylic acids is 2. The van der Waals surface area contributed by atoms with Crippen LogP contribution in [0.5, 0.6) is 0 Å². The van der Waals surface area contributed by atoms with Crippen molar-refractivity contribution >= 4 is 23.2 Å². The minimum Gasteiger partial charge on any atom is -0.444 e. The zero-order valence-electron chi connectivity index (χ0n) is 14.6. The minimum atomic E-state index is -0.566. The fourth-order valence-electron chi connectivity index (χ4n) is 2.00. The van der Waals surface area contributed by atoms with Crippen molar-refractivity contribution < 1.29 is 19.1 Å². The van der Waals surface area contributed by atoms with Crippen LogP contribution in [-0.2, 0) is 15.9 Å². The van der Waals surface area contributed by atoms with Gasteiger partial charge in [-0.3, -0.25) is 4.79 Å². The number of amides is 1. The molecule has 0 bridgehead atoms. The van der Waals surface area contributed by atoms with E-state index in [4.69, 9.17) is 9.47 Å². The fourth-order valence-corrected chi connectivity index (χ4v) is 2.90. The Bertz CT molecular complexity index is 519. The van der Waals surface area contributed by atoms with Crippen molar-refractivity contribution in [3.05, 3.63) is 21.9 Å². The SMILES string of the molecule is CCc1ccc(C(=O)CC(CCOC)NC(=O)OC(C)(C)C)s1. The maximum Gasteiger partial charge on any atom is 0.407 e. The molecule has 0 radical (unpaired) electrons. The van der Waals surface area contributed by atoms with Crippen LogP contribution in [0.15, 0.2) is 12.1 Å². The van der Waals surface area contributed by atoms with Crippen LogP contribution in [0.4, 0.5) is 4.79 Å². The maximum absolute atomic E-state index is 12.4. The lowest BCUT2D eigenvalue weighted by atomic mass is 10.1. The van der Waals surface area contributed by atoms with E-state index < -0.39 is 11.7 Å². The van der Waals surface area contributed by atoms with Gasteiger partial charge in [0.2, 0.25) is 0 Å². The molecule has 0 spiro atoms. The highest BCUT2D eigenvalue weighted by Crippen LogP contribution is 2.20. The van der Waals surface area contributed by atoms with Crippen LogP contribution in [-0.4, -0.2) is 37.2 Å². The number of Topliss-reactive ketones (excluding diaryl/α,β-unsaturated/α-hetero) is 1. The Kier molecular flexibility index (Phi) is 7.72. The van der Waals surface area contributed by atoms with E-state index in [-0.39, 0.29) is 18.2 Å². The first-order valence-electron chi connectivity index (χ1n) is 7.85. The number of rotatable bonds is 8. The fraction of sp³-hybridized carbons (Fsp3) is 0.647. The smallest absolute Gasteiger partial charge is 0.407 e. The molecule has 0 saturated heterocycles. The number of nitrogens with one attached hydrogen (secondary N) is 1. The Morgan fingerprint density at radius 2 is 2.00 bits per heavy atom. The monoisotopic (exact) mass is 341 g/mol. The number of ether oxygens (including phenoxy) is 2. The number of hydrogen-bond donors (Lipinski definition) is 1. The van der Waals surface area contributed by atoms with E-state index >= 15 is 0 Å². The predicted molar refractivity (Wildman–Crippen MR) is 92.3 cm³/mol. The average molecular weight is 341 g/mol. The molecular formula is C17H27NO4S. The van der Waals surface area contributed by atoms with Gasteiger partial charge >= 0.3 is 6.09 Å². The highest BCUT2D eigenvalue weighted by Gasteiger charge is 2.22. The Labute approximate surface area is 142 Å². The molecule has 6 heteroatoms. The molecule has 0 aromatic carbocycles. The lowest BCUT2D eigenvalue weighted by molar-refractivity contribution is 0.0490. The van der Waals surface area contributed by atoms with Gasteiger partial charge in [0.25, 0.3) is 0 Å². The molecule has 1 N–H and O–H groups in total. The molecule has 0 saturated carbocycles. The number of ketones is 1. The number of methoxy groups -OCH3 is 1. The molecule has 130 valence electrons. The molecule has 1 amide bonds. The van der Waals surface area contributed by atoms with Gasteiger partial charge in [-0.25, -0.2) is 4.79 Å². The molecule has 0 aliphatic rings. The van der Waals surface area contributed by atoms with Gasteiger partial charge in [-0.05, 0) is 45.7 Å². The first kappa shape index (κ1) is 19.6. The second-order valence-electron chi connectivity index (χ2n) is 6.37. The van der Waals surface area contributed by atoms with E-state index in [9.17, 15) is 9.59 Å². The zero-order valence-corrected chi connectivity index (χ0v) is 15.4.